The first kappa shape index (κ1) is 32.1. The second kappa shape index (κ2) is 12.4. The van der Waals surface area contributed by atoms with Gasteiger partial charge in [0.1, 0.15) is 29.1 Å². The predicted molar refractivity (Wildman–Crippen MR) is 166 cm³/mol. The monoisotopic (exact) mass is 681 g/mol. The minimum Gasteiger partial charge on any atom is -0.382 e. The average molecular weight is 682 g/mol. The molecular weight excluding hydrogens is 661 g/mol. The Labute approximate surface area is 272 Å². The summed E-state index contributed by atoms with van der Waals surface area (Å²) >= 11 is 6.41. The standard InChI is InChI=1S/C31H21ClF5N9O2/c32-19-4-2-6-21-23(19)30(48)46(16-8-13(7-14(33)9-16)17-3-1-5-20(34)24(17)35)28(42-21)22-10-15(41-29(47)25(36)37)12-45(22)27-18(11-38)26(39)43-31(40)44-27/h1-9,15,22,25H,10,12H2,(H,41,47)(H4,39,40,43,44)/t15-,22+/m1/s1. The third-order valence-corrected chi connectivity index (χ3v) is 8.05. The number of nitriles is 1. The number of alkyl halides is 2. The van der Waals surface area contributed by atoms with Crippen LogP contribution < -0.4 is 27.2 Å². The number of nitrogen functional groups attached to an aromatic ring is 2. The summed E-state index contributed by atoms with van der Waals surface area (Å²) in [6.07, 6.45) is -3.54. The molecule has 6 rings (SSSR count). The molecule has 1 saturated heterocycles. The summed E-state index contributed by atoms with van der Waals surface area (Å²) < 4.78 is 71.8. The molecule has 1 aliphatic rings. The van der Waals surface area contributed by atoms with Gasteiger partial charge >= 0.3 is 6.43 Å². The van der Waals surface area contributed by atoms with Crippen LogP contribution in [-0.2, 0) is 4.79 Å². The van der Waals surface area contributed by atoms with Crippen LogP contribution in [0.2, 0.25) is 5.02 Å². The maximum atomic E-state index is 15.3. The van der Waals surface area contributed by atoms with E-state index in [9.17, 15) is 32.4 Å². The highest BCUT2D eigenvalue weighted by Crippen LogP contribution is 2.39. The molecule has 244 valence electrons. The minimum atomic E-state index is -3.36. The normalized spacial score (nSPS) is 16.0. The molecule has 3 heterocycles. The molecule has 1 amide bonds. The lowest BCUT2D eigenvalue weighted by molar-refractivity contribution is -0.132. The molecule has 11 nitrogen and oxygen atoms in total. The fourth-order valence-corrected chi connectivity index (χ4v) is 6.00. The van der Waals surface area contributed by atoms with E-state index < -0.39 is 47.4 Å². The molecule has 17 heteroatoms. The molecule has 0 saturated carbocycles. The van der Waals surface area contributed by atoms with Gasteiger partial charge in [-0.05, 0) is 48.4 Å². The van der Waals surface area contributed by atoms with Crippen molar-refractivity contribution in [2.75, 3.05) is 22.9 Å². The van der Waals surface area contributed by atoms with E-state index in [1.54, 1.807) is 0 Å². The summed E-state index contributed by atoms with van der Waals surface area (Å²) in [6.45, 7) is -0.250. The van der Waals surface area contributed by atoms with E-state index in [1.807, 2.05) is 6.07 Å². The highest BCUT2D eigenvalue weighted by Gasteiger charge is 2.40. The molecule has 0 spiro atoms. The lowest BCUT2D eigenvalue weighted by Gasteiger charge is -2.28. The van der Waals surface area contributed by atoms with Crippen molar-refractivity contribution in [3.63, 3.8) is 0 Å². The smallest absolute Gasteiger partial charge is 0.315 e. The van der Waals surface area contributed by atoms with Crippen LogP contribution in [0.3, 0.4) is 0 Å². The lowest BCUT2D eigenvalue weighted by atomic mass is 10.0. The van der Waals surface area contributed by atoms with Gasteiger partial charge in [0.15, 0.2) is 17.5 Å². The van der Waals surface area contributed by atoms with Gasteiger partial charge in [-0.25, -0.2) is 18.2 Å². The maximum Gasteiger partial charge on any atom is 0.315 e. The topological polar surface area (TPSA) is 169 Å². The van der Waals surface area contributed by atoms with E-state index in [2.05, 4.69) is 20.3 Å². The number of carbonyl (C=O) groups is 1. The fourth-order valence-electron chi connectivity index (χ4n) is 5.75. The first-order chi connectivity index (χ1) is 22.9. The number of carbonyl (C=O) groups excluding carboxylic acids is 1. The molecule has 0 radical (unpaired) electrons. The van der Waals surface area contributed by atoms with Crippen molar-refractivity contribution in [2.24, 2.45) is 0 Å². The lowest BCUT2D eigenvalue weighted by Crippen LogP contribution is -2.40. The van der Waals surface area contributed by atoms with Crippen LogP contribution >= 0.6 is 11.6 Å². The van der Waals surface area contributed by atoms with Crippen molar-refractivity contribution in [1.82, 2.24) is 24.8 Å². The van der Waals surface area contributed by atoms with Gasteiger partial charge in [-0.3, -0.25) is 14.2 Å². The number of benzene rings is 3. The molecule has 5 aromatic rings. The highest BCUT2D eigenvalue weighted by molar-refractivity contribution is 6.35. The van der Waals surface area contributed by atoms with E-state index >= 15 is 4.39 Å². The van der Waals surface area contributed by atoms with E-state index in [0.717, 1.165) is 22.8 Å². The number of hydrogen-bond acceptors (Lipinski definition) is 9. The van der Waals surface area contributed by atoms with Crippen LogP contribution in [0.1, 0.15) is 23.9 Å². The molecule has 5 N–H and O–H groups in total. The Morgan fingerprint density at radius 3 is 2.54 bits per heavy atom. The SMILES string of the molecule is N#Cc1c(N)nc(N)nc1N1C[C@H](NC(=O)C(F)F)C[C@H]1c1nc2cccc(Cl)c2c(=O)n1-c1cc(F)cc(-c2cccc(F)c2F)c1. The van der Waals surface area contributed by atoms with Gasteiger partial charge in [0.2, 0.25) is 5.95 Å². The Bertz CT molecular complexity index is 2230. The van der Waals surface area contributed by atoms with Crippen LogP contribution in [0.5, 0.6) is 0 Å². The molecular formula is C31H21ClF5N9O2. The second-order valence-corrected chi connectivity index (χ2v) is 11.1. The van der Waals surface area contributed by atoms with Gasteiger partial charge < -0.3 is 21.7 Å². The predicted octanol–water partition coefficient (Wildman–Crippen LogP) is 4.65. The molecule has 1 aliphatic heterocycles. The summed E-state index contributed by atoms with van der Waals surface area (Å²) in [5, 5.41) is 12.1. The summed E-state index contributed by atoms with van der Waals surface area (Å²) in [4.78, 5) is 40.4. The summed E-state index contributed by atoms with van der Waals surface area (Å²) in [5.41, 5.74) is 10.2. The first-order valence-electron chi connectivity index (χ1n) is 14.0. The molecule has 2 atom stereocenters. The molecule has 0 unspecified atom stereocenters. The Kier molecular flexibility index (Phi) is 8.31. The number of amides is 1. The summed E-state index contributed by atoms with van der Waals surface area (Å²) in [6, 6.07) is 10.6. The molecule has 48 heavy (non-hydrogen) atoms. The van der Waals surface area contributed by atoms with Crippen LogP contribution in [0.15, 0.2) is 59.4 Å². The van der Waals surface area contributed by atoms with Gasteiger partial charge in [0.05, 0.1) is 27.7 Å². The highest BCUT2D eigenvalue weighted by atomic mass is 35.5. The third kappa shape index (κ3) is 5.68. The molecule has 0 aliphatic carbocycles. The number of rotatable bonds is 6. The zero-order valence-electron chi connectivity index (χ0n) is 24.3. The van der Waals surface area contributed by atoms with E-state index in [1.165, 1.54) is 41.3 Å². The molecule has 0 bridgehead atoms. The Morgan fingerprint density at radius 1 is 1.06 bits per heavy atom. The van der Waals surface area contributed by atoms with Crippen molar-refractivity contribution < 1.29 is 26.7 Å². The van der Waals surface area contributed by atoms with E-state index in [-0.39, 0.29) is 74.7 Å². The van der Waals surface area contributed by atoms with Crippen LogP contribution in [0, 0.1) is 28.8 Å². The Balaban J connectivity index is 1.64. The zero-order valence-corrected chi connectivity index (χ0v) is 25.0. The largest absolute Gasteiger partial charge is 0.382 e. The number of nitrogens with two attached hydrogens (primary N) is 2. The van der Waals surface area contributed by atoms with Gasteiger partial charge in [0, 0.05) is 18.2 Å². The number of nitrogens with zero attached hydrogens (tertiary/aromatic N) is 6. The Morgan fingerprint density at radius 2 is 1.81 bits per heavy atom. The van der Waals surface area contributed by atoms with Gasteiger partial charge in [-0.1, -0.05) is 29.8 Å². The van der Waals surface area contributed by atoms with Gasteiger partial charge in [-0.2, -0.15) is 24.0 Å². The van der Waals surface area contributed by atoms with Crippen LogP contribution in [0.25, 0.3) is 27.7 Å². The van der Waals surface area contributed by atoms with Crippen LogP contribution in [-0.4, -0.2) is 44.4 Å². The molecule has 2 aromatic heterocycles. The number of nitrogens with one attached hydrogen (secondary N) is 1. The van der Waals surface area contributed by atoms with Gasteiger partial charge in [0.25, 0.3) is 11.5 Å². The second-order valence-electron chi connectivity index (χ2n) is 10.7. The quantitative estimate of drug-likeness (QED) is 0.216. The third-order valence-electron chi connectivity index (χ3n) is 7.74. The summed E-state index contributed by atoms with van der Waals surface area (Å²) in [7, 11) is 0. The van der Waals surface area contributed by atoms with Crippen molar-refractivity contribution in [3.8, 4) is 22.9 Å². The van der Waals surface area contributed by atoms with Gasteiger partial charge in [-0.15, -0.1) is 0 Å². The zero-order chi connectivity index (χ0) is 34.4. The first-order valence-corrected chi connectivity index (χ1v) is 14.4. The van der Waals surface area contributed by atoms with Crippen molar-refractivity contribution in [3.05, 3.63) is 98.8 Å². The van der Waals surface area contributed by atoms with E-state index in [4.69, 9.17) is 23.1 Å². The fraction of sp³-hybridized carbons (Fsp3) is 0.161. The van der Waals surface area contributed by atoms with Crippen molar-refractivity contribution >= 4 is 46.0 Å². The van der Waals surface area contributed by atoms with E-state index in [0.29, 0.717) is 0 Å². The van der Waals surface area contributed by atoms with Crippen molar-refractivity contribution in [1.29, 1.82) is 5.26 Å². The number of anilines is 3. The number of halogens is 6. The minimum absolute atomic E-state index is 0.00781. The number of aromatic nitrogens is 4. The average Bonchev–Trinajstić information content (AvgIpc) is 3.44. The Hall–Kier alpha value is -5.82. The number of hydrogen-bond donors (Lipinski definition) is 3. The molecule has 1 fully saturated rings. The summed E-state index contributed by atoms with van der Waals surface area (Å²) in [5.74, 6) is -5.91. The van der Waals surface area contributed by atoms with Crippen molar-refractivity contribution in [2.45, 2.75) is 24.9 Å². The van der Waals surface area contributed by atoms with Crippen LogP contribution in [0.4, 0.5) is 39.5 Å². The molecule has 3 aromatic carbocycles. The number of fused-ring (bicyclic) bond motifs is 1. The maximum absolute atomic E-state index is 15.3.